The Labute approximate surface area is 123 Å². The highest BCUT2D eigenvalue weighted by atomic mass is 15.4. The lowest BCUT2D eigenvalue weighted by Gasteiger charge is -2.14. The van der Waals surface area contributed by atoms with E-state index in [0.717, 1.165) is 24.2 Å². The molecule has 1 fully saturated rings. The van der Waals surface area contributed by atoms with E-state index in [-0.39, 0.29) is 6.04 Å². The van der Waals surface area contributed by atoms with Crippen LogP contribution in [0.1, 0.15) is 17.5 Å². The van der Waals surface area contributed by atoms with Gasteiger partial charge >= 0.3 is 0 Å². The fourth-order valence-corrected chi connectivity index (χ4v) is 2.71. The molecule has 4 N–H and O–H groups in total. The van der Waals surface area contributed by atoms with Crippen LogP contribution in [0.5, 0.6) is 0 Å². The van der Waals surface area contributed by atoms with Crippen LogP contribution in [-0.2, 0) is 0 Å². The van der Waals surface area contributed by atoms with E-state index >= 15 is 0 Å². The fourth-order valence-electron chi connectivity index (χ4n) is 2.71. The van der Waals surface area contributed by atoms with Crippen molar-refractivity contribution in [2.75, 3.05) is 23.7 Å². The summed E-state index contributed by atoms with van der Waals surface area (Å²) in [4.78, 5) is 2.04. The zero-order valence-corrected chi connectivity index (χ0v) is 12.0. The van der Waals surface area contributed by atoms with Crippen LogP contribution in [0.25, 0.3) is 5.69 Å². The lowest BCUT2D eigenvalue weighted by atomic mass is 10.2. The average molecular weight is 282 g/mol. The molecule has 2 heterocycles. The van der Waals surface area contributed by atoms with Crippen molar-refractivity contribution in [3.63, 3.8) is 0 Å². The highest BCUT2D eigenvalue weighted by Gasteiger charge is 2.27. The molecule has 6 heteroatoms. The van der Waals surface area contributed by atoms with Crippen LogP contribution < -0.4 is 16.4 Å². The maximum atomic E-state index is 9.41. The van der Waals surface area contributed by atoms with Gasteiger partial charge in [-0.25, -0.2) is 4.68 Å². The van der Waals surface area contributed by atoms with Crippen LogP contribution in [0.4, 0.5) is 11.6 Å². The number of nitrogens with zero attached hydrogens (tertiary/aromatic N) is 4. The Morgan fingerprint density at radius 1 is 1.38 bits per heavy atom. The van der Waals surface area contributed by atoms with Crippen molar-refractivity contribution in [3.8, 4) is 11.8 Å². The predicted octanol–water partition coefficient (Wildman–Crippen LogP) is 1.17. The number of para-hydroxylation sites is 1. The lowest BCUT2D eigenvalue weighted by molar-refractivity contribution is 0.750. The zero-order chi connectivity index (χ0) is 15.0. The lowest BCUT2D eigenvalue weighted by Crippen LogP contribution is -2.27. The maximum absolute atomic E-state index is 9.41. The van der Waals surface area contributed by atoms with Gasteiger partial charge in [-0.2, -0.15) is 5.26 Å². The molecule has 1 aromatic heterocycles. The van der Waals surface area contributed by atoms with Gasteiger partial charge in [0.1, 0.15) is 17.5 Å². The van der Waals surface area contributed by atoms with Crippen molar-refractivity contribution in [1.82, 2.24) is 9.78 Å². The Morgan fingerprint density at radius 2 is 2.14 bits per heavy atom. The highest BCUT2D eigenvalue weighted by molar-refractivity contribution is 5.68. The molecule has 2 aromatic rings. The molecule has 3 rings (SSSR count). The van der Waals surface area contributed by atoms with Crippen LogP contribution in [0, 0.1) is 18.3 Å². The monoisotopic (exact) mass is 282 g/mol. The van der Waals surface area contributed by atoms with Crippen molar-refractivity contribution in [3.05, 3.63) is 35.4 Å². The molecule has 6 nitrogen and oxygen atoms in total. The van der Waals surface area contributed by atoms with Gasteiger partial charge in [0.05, 0.1) is 5.69 Å². The number of aromatic nitrogens is 2. The summed E-state index contributed by atoms with van der Waals surface area (Å²) >= 11 is 0. The molecule has 1 atom stereocenters. The molecule has 1 unspecified atom stereocenters. The van der Waals surface area contributed by atoms with E-state index in [1.165, 1.54) is 0 Å². The number of rotatable bonds is 2. The van der Waals surface area contributed by atoms with E-state index in [1.807, 2.05) is 36.1 Å². The van der Waals surface area contributed by atoms with Crippen LogP contribution in [0.3, 0.4) is 0 Å². The topological polar surface area (TPSA) is 96.9 Å². The standard InChI is InChI=1S/C15H18N6/c1-10-4-2-3-5-13(10)21-14(18)12(8-16)15(19-21)20-7-6-11(17)9-20/h2-5,11H,6-7,9,17-18H2,1H3. The minimum absolute atomic E-state index is 0.126. The largest absolute Gasteiger partial charge is 0.382 e. The van der Waals surface area contributed by atoms with Crippen LogP contribution in [0.2, 0.25) is 0 Å². The van der Waals surface area contributed by atoms with E-state index in [1.54, 1.807) is 4.68 Å². The Kier molecular flexibility index (Phi) is 3.28. The molecule has 1 saturated heterocycles. The van der Waals surface area contributed by atoms with Crippen LogP contribution in [0.15, 0.2) is 24.3 Å². The van der Waals surface area contributed by atoms with E-state index in [0.29, 0.717) is 23.7 Å². The SMILES string of the molecule is Cc1ccccc1-n1nc(N2CCC(N)C2)c(C#N)c1N. The second-order valence-electron chi connectivity index (χ2n) is 5.39. The van der Waals surface area contributed by atoms with Crippen molar-refractivity contribution in [2.45, 2.75) is 19.4 Å². The summed E-state index contributed by atoms with van der Waals surface area (Å²) in [5.74, 6) is 1.01. The second kappa shape index (κ2) is 5.11. The fraction of sp³-hybridized carbons (Fsp3) is 0.333. The quantitative estimate of drug-likeness (QED) is 0.862. The number of hydrogen-bond donors (Lipinski definition) is 2. The van der Waals surface area contributed by atoms with Gasteiger partial charge in [0, 0.05) is 19.1 Å². The first-order chi connectivity index (χ1) is 10.1. The molecule has 1 aromatic carbocycles. The van der Waals surface area contributed by atoms with Gasteiger partial charge in [0.15, 0.2) is 5.82 Å². The summed E-state index contributed by atoms with van der Waals surface area (Å²) in [6.07, 6.45) is 0.905. The van der Waals surface area contributed by atoms with Crippen LogP contribution in [-0.4, -0.2) is 28.9 Å². The van der Waals surface area contributed by atoms with Gasteiger partial charge in [-0.15, -0.1) is 5.10 Å². The maximum Gasteiger partial charge on any atom is 0.171 e. The normalized spacial score (nSPS) is 18.0. The third kappa shape index (κ3) is 2.22. The first kappa shape index (κ1) is 13.5. The number of nitriles is 1. The first-order valence-electron chi connectivity index (χ1n) is 6.97. The minimum Gasteiger partial charge on any atom is -0.382 e. The number of nitrogen functional groups attached to an aromatic ring is 1. The number of benzene rings is 1. The zero-order valence-electron chi connectivity index (χ0n) is 12.0. The first-order valence-corrected chi connectivity index (χ1v) is 6.97. The van der Waals surface area contributed by atoms with Gasteiger partial charge in [-0.1, -0.05) is 18.2 Å². The molecule has 0 saturated carbocycles. The third-order valence-electron chi connectivity index (χ3n) is 3.88. The van der Waals surface area contributed by atoms with E-state index in [4.69, 9.17) is 11.5 Å². The number of anilines is 2. The molecular formula is C15H18N6. The van der Waals surface area contributed by atoms with Crippen molar-refractivity contribution >= 4 is 11.6 Å². The summed E-state index contributed by atoms with van der Waals surface area (Å²) in [5.41, 5.74) is 14.5. The molecule has 0 amide bonds. The highest BCUT2D eigenvalue weighted by Crippen LogP contribution is 2.29. The van der Waals surface area contributed by atoms with Gasteiger partial charge in [-0.3, -0.25) is 0 Å². The Balaban J connectivity index is 2.10. The Hall–Kier alpha value is -2.52. The molecule has 0 radical (unpaired) electrons. The molecule has 0 spiro atoms. The number of aryl methyl sites for hydroxylation is 1. The van der Waals surface area contributed by atoms with E-state index < -0.39 is 0 Å². The van der Waals surface area contributed by atoms with Crippen molar-refractivity contribution in [1.29, 1.82) is 5.26 Å². The van der Waals surface area contributed by atoms with Crippen molar-refractivity contribution in [2.24, 2.45) is 5.73 Å². The van der Waals surface area contributed by atoms with Gasteiger partial charge < -0.3 is 16.4 Å². The molecular weight excluding hydrogens is 264 g/mol. The molecule has 1 aliphatic rings. The van der Waals surface area contributed by atoms with Gasteiger partial charge in [0.25, 0.3) is 0 Å². The summed E-state index contributed by atoms with van der Waals surface area (Å²) in [6, 6.07) is 10.1. The summed E-state index contributed by atoms with van der Waals surface area (Å²) in [5, 5.41) is 14.0. The Morgan fingerprint density at radius 3 is 2.76 bits per heavy atom. The van der Waals surface area contributed by atoms with Crippen molar-refractivity contribution < 1.29 is 0 Å². The molecule has 21 heavy (non-hydrogen) atoms. The summed E-state index contributed by atoms with van der Waals surface area (Å²) in [6.45, 7) is 3.51. The Bertz CT molecular complexity index is 711. The smallest absolute Gasteiger partial charge is 0.171 e. The summed E-state index contributed by atoms with van der Waals surface area (Å²) < 4.78 is 1.65. The van der Waals surface area contributed by atoms with E-state index in [2.05, 4.69) is 11.2 Å². The summed E-state index contributed by atoms with van der Waals surface area (Å²) in [7, 11) is 0. The van der Waals surface area contributed by atoms with Gasteiger partial charge in [0.2, 0.25) is 0 Å². The molecule has 0 bridgehead atoms. The van der Waals surface area contributed by atoms with Gasteiger partial charge in [-0.05, 0) is 25.0 Å². The third-order valence-corrected chi connectivity index (χ3v) is 3.88. The average Bonchev–Trinajstić information content (AvgIpc) is 3.03. The van der Waals surface area contributed by atoms with Crippen LogP contribution >= 0.6 is 0 Å². The second-order valence-corrected chi connectivity index (χ2v) is 5.39. The predicted molar refractivity (Wildman–Crippen MR) is 82.2 cm³/mol. The number of nitrogens with two attached hydrogens (primary N) is 2. The molecule has 108 valence electrons. The van der Waals surface area contributed by atoms with E-state index in [9.17, 15) is 5.26 Å². The molecule has 0 aliphatic carbocycles. The minimum atomic E-state index is 0.126. The molecule has 1 aliphatic heterocycles. The number of hydrogen-bond acceptors (Lipinski definition) is 5.